The van der Waals surface area contributed by atoms with Crippen LogP contribution in [-0.4, -0.2) is 72.0 Å². The third-order valence-corrected chi connectivity index (χ3v) is 6.74. The number of ether oxygens (including phenoxy) is 1. The number of piperazine rings is 1. The summed E-state index contributed by atoms with van der Waals surface area (Å²) in [6.45, 7) is 5.98. The molecular weight excluding hydrogens is 424 g/mol. The van der Waals surface area contributed by atoms with Crippen molar-refractivity contribution in [2.24, 2.45) is 4.99 Å². The lowest BCUT2D eigenvalue weighted by Gasteiger charge is -2.36. The van der Waals surface area contributed by atoms with Crippen molar-refractivity contribution < 1.29 is 4.74 Å². The van der Waals surface area contributed by atoms with Gasteiger partial charge in [-0.2, -0.15) is 0 Å². The molecule has 1 N–H and O–H groups in total. The van der Waals surface area contributed by atoms with Crippen LogP contribution in [0.3, 0.4) is 0 Å². The van der Waals surface area contributed by atoms with Gasteiger partial charge in [0, 0.05) is 63.7 Å². The molecule has 0 saturated carbocycles. The molecule has 0 aliphatic carbocycles. The van der Waals surface area contributed by atoms with E-state index in [0.717, 1.165) is 85.3 Å². The number of nitrogens with zero attached hydrogens (tertiary/aromatic N) is 5. The number of nitrogens with one attached hydrogen (secondary N) is 1. The summed E-state index contributed by atoms with van der Waals surface area (Å²) in [5, 5.41) is 0. The van der Waals surface area contributed by atoms with Crippen LogP contribution in [0.5, 0.6) is 0 Å². The SMILES string of the molecule is COCCN1CCN(c2ccc3nc(-c4ccc5c(c4)CC(c4ccccn4)=N5)[nH]c3c2)CC1. The Labute approximate surface area is 199 Å². The number of H-pyrrole nitrogens is 1. The summed E-state index contributed by atoms with van der Waals surface area (Å²) >= 11 is 0. The molecule has 2 aliphatic heterocycles. The van der Waals surface area contributed by atoms with Crippen molar-refractivity contribution in [1.82, 2.24) is 19.9 Å². The van der Waals surface area contributed by atoms with Gasteiger partial charge in [0.05, 0.1) is 34.7 Å². The molecule has 7 heteroatoms. The lowest BCUT2D eigenvalue weighted by Crippen LogP contribution is -2.47. The summed E-state index contributed by atoms with van der Waals surface area (Å²) in [6, 6.07) is 18.9. The molecule has 2 aromatic carbocycles. The van der Waals surface area contributed by atoms with Gasteiger partial charge in [0.2, 0.25) is 0 Å². The highest BCUT2D eigenvalue weighted by molar-refractivity contribution is 6.05. The average molecular weight is 453 g/mol. The molecule has 0 atom stereocenters. The molecule has 4 heterocycles. The van der Waals surface area contributed by atoms with Gasteiger partial charge in [-0.25, -0.2) is 4.98 Å². The predicted octanol–water partition coefficient (Wildman–Crippen LogP) is 4.07. The van der Waals surface area contributed by atoms with Gasteiger partial charge < -0.3 is 14.6 Å². The summed E-state index contributed by atoms with van der Waals surface area (Å²) in [6.07, 6.45) is 2.61. The third kappa shape index (κ3) is 4.08. The van der Waals surface area contributed by atoms with Crippen LogP contribution in [0.2, 0.25) is 0 Å². The Morgan fingerprint density at radius 2 is 1.91 bits per heavy atom. The second-order valence-electron chi connectivity index (χ2n) is 8.90. The quantitative estimate of drug-likeness (QED) is 0.478. The summed E-state index contributed by atoms with van der Waals surface area (Å²) < 4.78 is 5.22. The molecule has 0 bridgehead atoms. The molecule has 1 fully saturated rings. The van der Waals surface area contributed by atoms with E-state index >= 15 is 0 Å². The number of benzene rings is 2. The maximum absolute atomic E-state index is 5.22. The largest absolute Gasteiger partial charge is 0.383 e. The highest BCUT2D eigenvalue weighted by atomic mass is 16.5. The number of aromatic amines is 1. The summed E-state index contributed by atoms with van der Waals surface area (Å²) in [7, 11) is 1.76. The number of imidazole rings is 1. The van der Waals surface area contributed by atoms with Crippen LogP contribution in [0.4, 0.5) is 11.4 Å². The molecule has 34 heavy (non-hydrogen) atoms. The highest BCUT2D eigenvalue weighted by Gasteiger charge is 2.20. The third-order valence-electron chi connectivity index (χ3n) is 6.74. The number of rotatable bonds is 6. The van der Waals surface area contributed by atoms with Gasteiger partial charge in [-0.15, -0.1) is 0 Å². The van der Waals surface area contributed by atoms with Crippen molar-refractivity contribution in [1.29, 1.82) is 0 Å². The van der Waals surface area contributed by atoms with E-state index in [4.69, 9.17) is 14.7 Å². The Hall–Kier alpha value is -3.55. The minimum atomic E-state index is 0.793. The first-order valence-electron chi connectivity index (χ1n) is 11.8. The highest BCUT2D eigenvalue weighted by Crippen LogP contribution is 2.33. The van der Waals surface area contributed by atoms with E-state index < -0.39 is 0 Å². The zero-order valence-corrected chi connectivity index (χ0v) is 19.4. The number of aliphatic imine (C=N–C) groups is 1. The Kier molecular flexibility index (Phi) is 5.57. The second kappa shape index (κ2) is 9.00. The van der Waals surface area contributed by atoms with Gasteiger partial charge in [-0.05, 0) is 54.1 Å². The van der Waals surface area contributed by atoms with Crippen molar-refractivity contribution >= 4 is 28.1 Å². The smallest absolute Gasteiger partial charge is 0.138 e. The van der Waals surface area contributed by atoms with Gasteiger partial charge in [0.25, 0.3) is 0 Å². The number of fused-ring (bicyclic) bond motifs is 2. The van der Waals surface area contributed by atoms with Crippen molar-refractivity contribution in [2.45, 2.75) is 6.42 Å². The van der Waals surface area contributed by atoms with E-state index in [0.29, 0.717) is 0 Å². The first-order chi connectivity index (χ1) is 16.8. The molecule has 6 rings (SSSR count). The number of pyridine rings is 1. The number of methoxy groups -OCH3 is 1. The maximum Gasteiger partial charge on any atom is 0.138 e. The zero-order chi connectivity index (χ0) is 22.9. The molecule has 0 radical (unpaired) electrons. The maximum atomic E-state index is 5.22. The van der Waals surface area contributed by atoms with Gasteiger partial charge in [-0.3, -0.25) is 14.9 Å². The van der Waals surface area contributed by atoms with Crippen LogP contribution in [0.25, 0.3) is 22.4 Å². The Morgan fingerprint density at radius 3 is 2.74 bits per heavy atom. The molecule has 0 unspecified atom stereocenters. The Morgan fingerprint density at radius 1 is 1.00 bits per heavy atom. The zero-order valence-electron chi connectivity index (χ0n) is 19.4. The molecule has 7 nitrogen and oxygen atoms in total. The molecular formula is C27H28N6O. The second-order valence-corrected chi connectivity index (χ2v) is 8.90. The minimum Gasteiger partial charge on any atom is -0.383 e. The molecule has 0 spiro atoms. The fourth-order valence-corrected chi connectivity index (χ4v) is 4.81. The number of aromatic nitrogens is 3. The van der Waals surface area contributed by atoms with Crippen LogP contribution in [0.1, 0.15) is 11.3 Å². The predicted molar refractivity (Wildman–Crippen MR) is 136 cm³/mol. The van der Waals surface area contributed by atoms with Crippen LogP contribution in [0, 0.1) is 0 Å². The van der Waals surface area contributed by atoms with E-state index in [1.54, 1.807) is 7.11 Å². The molecule has 4 aromatic rings. The monoisotopic (exact) mass is 452 g/mol. The van der Waals surface area contributed by atoms with Crippen LogP contribution >= 0.6 is 0 Å². The van der Waals surface area contributed by atoms with E-state index in [9.17, 15) is 0 Å². The Balaban J connectivity index is 1.19. The van der Waals surface area contributed by atoms with E-state index in [2.05, 4.69) is 56.2 Å². The molecule has 2 aliphatic rings. The van der Waals surface area contributed by atoms with Crippen LogP contribution < -0.4 is 4.90 Å². The minimum absolute atomic E-state index is 0.793. The lowest BCUT2D eigenvalue weighted by atomic mass is 10.0. The van der Waals surface area contributed by atoms with Crippen molar-refractivity contribution in [3.05, 3.63) is 72.1 Å². The van der Waals surface area contributed by atoms with Crippen LogP contribution in [-0.2, 0) is 11.2 Å². The van der Waals surface area contributed by atoms with Crippen molar-refractivity contribution in [3.63, 3.8) is 0 Å². The number of hydrogen-bond acceptors (Lipinski definition) is 6. The topological polar surface area (TPSA) is 69.6 Å². The summed E-state index contributed by atoms with van der Waals surface area (Å²) in [4.78, 5) is 22.6. The van der Waals surface area contributed by atoms with Gasteiger partial charge in [0.15, 0.2) is 0 Å². The molecule has 172 valence electrons. The molecule has 1 saturated heterocycles. The Bertz CT molecular complexity index is 1340. The molecule has 2 aromatic heterocycles. The number of hydrogen-bond donors (Lipinski definition) is 1. The van der Waals surface area contributed by atoms with Gasteiger partial charge in [0.1, 0.15) is 5.82 Å². The van der Waals surface area contributed by atoms with Crippen molar-refractivity contribution in [2.75, 3.05) is 51.3 Å². The molecule has 0 amide bonds. The first kappa shape index (κ1) is 21.0. The summed E-state index contributed by atoms with van der Waals surface area (Å²) in [5.41, 5.74) is 8.58. The van der Waals surface area contributed by atoms with Gasteiger partial charge in [-0.1, -0.05) is 6.07 Å². The fourth-order valence-electron chi connectivity index (χ4n) is 4.81. The van der Waals surface area contributed by atoms with E-state index in [1.807, 2.05) is 24.4 Å². The lowest BCUT2D eigenvalue weighted by molar-refractivity contribution is 0.144. The van der Waals surface area contributed by atoms with Crippen LogP contribution in [0.15, 0.2) is 65.8 Å². The average Bonchev–Trinajstić information content (AvgIpc) is 3.51. The van der Waals surface area contributed by atoms with E-state index in [1.165, 1.54) is 11.3 Å². The number of anilines is 1. The standard InChI is InChI=1S/C27H28N6O/c1-34-15-14-32-10-12-33(13-11-32)21-6-8-24-26(18-21)31-27(30-24)19-5-7-22-20(16-19)17-25(29-22)23-4-2-3-9-28-23/h2-9,16,18H,10-15,17H2,1H3,(H,30,31). The van der Waals surface area contributed by atoms with Gasteiger partial charge >= 0.3 is 0 Å². The first-order valence-corrected chi connectivity index (χ1v) is 11.8. The van der Waals surface area contributed by atoms with E-state index in [-0.39, 0.29) is 0 Å². The fraction of sp³-hybridized carbons (Fsp3) is 0.296. The van der Waals surface area contributed by atoms with Crippen molar-refractivity contribution in [3.8, 4) is 11.4 Å². The summed E-state index contributed by atoms with van der Waals surface area (Å²) in [5.74, 6) is 0.894. The normalized spacial score (nSPS) is 16.1.